The normalized spacial score (nSPS) is 12.6. The molecule has 0 bridgehead atoms. The van der Waals surface area contributed by atoms with Crippen molar-refractivity contribution in [2.24, 2.45) is 11.7 Å². The van der Waals surface area contributed by atoms with Gasteiger partial charge in [-0.05, 0) is 31.6 Å². The van der Waals surface area contributed by atoms with Crippen LogP contribution in [0.15, 0.2) is 0 Å². The van der Waals surface area contributed by atoms with Gasteiger partial charge >= 0.3 is 0 Å². The lowest BCUT2D eigenvalue weighted by atomic mass is 9.72. The molecule has 0 aromatic heterocycles. The van der Waals surface area contributed by atoms with Crippen molar-refractivity contribution in [3.05, 3.63) is 0 Å². The molecule has 37 heavy (non-hydrogen) atoms. The Morgan fingerprint density at radius 2 is 0.622 bits per heavy atom. The number of unbranched alkanes of at least 4 members (excludes halogenated alkanes) is 21. The van der Waals surface area contributed by atoms with Crippen LogP contribution in [0.4, 0.5) is 0 Å². The second-order valence-electron chi connectivity index (χ2n) is 12.4. The summed E-state index contributed by atoms with van der Waals surface area (Å²) in [5, 5.41) is 0. The van der Waals surface area contributed by atoms with E-state index in [1.165, 1.54) is 186 Å². The molecule has 0 saturated heterocycles. The molecule has 0 spiro atoms. The van der Waals surface area contributed by atoms with Crippen molar-refractivity contribution >= 4 is 17.0 Å². The first-order valence-corrected chi connectivity index (χ1v) is 17.4. The molecule has 0 amide bonds. The third-order valence-electron chi connectivity index (χ3n) is 8.87. The Morgan fingerprint density at radius 3 is 0.919 bits per heavy atom. The van der Waals surface area contributed by atoms with Crippen LogP contribution in [0, 0.1) is 5.92 Å². The van der Waals surface area contributed by atoms with E-state index in [0.717, 1.165) is 5.92 Å². The molecule has 0 heterocycles. The quantitative estimate of drug-likeness (QED) is 0.0830. The van der Waals surface area contributed by atoms with Crippen LogP contribution in [0.2, 0.25) is 0 Å². The molecule has 226 valence electrons. The maximum absolute atomic E-state index is 7.47. The molecule has 2 heteroatoms. The van der Waals surface area contributed by atoms with Crippen LogP contribution in [0.1, 0.15) is 214 Å². The maximum Gasteiger partial charge on any atom is 0.0182 e. The topological polar surface area (TPSA) is 26.0 Å². The van der Waals surface area contributed by atoms with Gasteiger partial charge in [0.15, 0.2) is 0 Å². The van der Waals surface area contributed by atoms with Crippen LogP contribution in [-0.4, -0.2) is 5.54 Å². The van der Waals surface area contributed by atoms with Crippen LogP contribution in [0.3, 0.4) is 0 Å². The van der Waals surface area contributed by atoms with E-state index in [2.05, 4.69) is 27.7 Å². The highest BCUT2D eigenvalue weighted by atomic mass is 79.9. The van der Waals surface area contributed by atoms with Gasteiger partial charge in [-0.25, -0.2) is 0 Å². The SMILES string of the molecule is Br.CCCCCCCCCC(CCCCCCCC)C(N)(CCCCCCCC)CCCCCCCC. The predicted octanol–water partition coefficient (Wildman–Crippen LogP) is 13.3. The monoisotopic (exact) mass is 588 g/mol. The molecule has 1 unspecified atom stereocenters. The smallest absolute Gasteiger partial charge is 0.0182 e. The van der Waals surface area contributed by atoms with Gasteiger partial charge in [-0.1, -0.05) is 188 Å². The Morgan fingerprint density at radius 1 is 0.378 bits per heavy atom. The lowest BCUT2D eigenvalue weighted by Gasteiger charge is -2.39. The number of halogens is 1. The molecule has 0 fully saturated rings. The Bertz CT molecular complexity index is 394. The summed E-state index contributed by atoms with van der Waals surface area (Å²) in [4.78, 5) is 0. The van der Waals surface area contributed by atoms with E-state index in [-0.39, 0.29) is 22.5 Å². The summed E-state index contributed by atoms with van der Waals surface area (Å²) < 4.78 is 0. The number of rotatable bonds is 30. The zero-order chi connectivity index (χ0) is 26.6. The zero-order valence-corrected chi connectivity index (χ0v) is 28.3. The first kappa shape index (κ1) is 39.6. The lowest BCUT2D eigenvalue weighted by molar-refractivity contribution is 0.189. The summed E-state index contributed by atoms with van der Waals surface area (Å²) in [7, 11) is 0. The van der Waals surface area contributed by atoms with Gasteiger partial charge in [-0.3, -0.25) is 0 Å². The minimum Gasteiger partial charge on any atom is -0.325 e. The van der Waals surface area contributed by atoms with Gasteiger partial charge in [-0.2, -0.15) is 0 Å². The third kappa shape index (κ3) is 25.2. The molecule has 0 aromatic carbocycles. The van der Waals surface area contributed by atoms with Gasteiger partial charge in [-0.15, -0.1) is 17.0 Å². The van der Waals surface area contributed by atoms with Gasteiger partial charge in [0, 0.05) is 5.54 Å². The van der Waals surface area contributed by atoms with E-state index in [1.54, 1.807) is 0 Å². The Labute approximate surface area is 247 Å². The first-order valence-electron chi connectivity index (χ1n) is 17.4. The van der Waals surface area contributed by atoms with Crippen LogP contribution < -0.4 is 5.73 Å². The highest BCUT2D eigenvalue weighted by molar-refractivity contribution is 8.93. The standard InChI is InChI=1S/C35H73N.BrH/c1-5-9-13-17-21-23-27-31-34(30-26-22-18-14-10-6-2)35(36,32-28-24-19-15-11-7-3)33-29-25-20-16-12-8-4;/h34H,5-33,36H2,1-4H3;1H. The molecule has 0 aliphatic heterocycles. The van der Waals surface area contributed by atoms with Crippen molar-refractivity contribution in [2.45, 2.75) is 219 Å². The van der Waals surface area contributed by atoms with Crippen molar-refractivity contribution in [2.75, 3.05) is 0 Å². The fraction of sp³-hybridized carbons (Fsp3) is 1.00. The predicted molar refractivity (Wildman–Crippen MR) is 177 cm³/mol. The van der Waals surface area contributed by atoms with E-state index in [0.29, 0.717) is 0 Å². The molecular formula is C35H74BrN. The fourth-order valence-corrected chi connectivity index (χ4v) is 6.24. The summed E-state index contributed by atoms with van der Waals surface area (Å²) in [5.74, 6) is 0.755. The molecule has 1 nitrogen and oxygen atoms in total. The highest BCUT2D eigenvalue weighted by Gasteiger charge is 2.33. The molecule has 0 aliphatic rings. The van der Waals surface area contributed by atoms with Crippen LogP contribution >= 0.6 is 17.0 Å². The highest BCUT2D eigenvalue weighted by Crippen LogP contribution is 2.35. The molecule has 2 N–H and O–H groups in total. The number of hydrogen-bond acceptors (Lipinski definition) is 1. The van der Waals surface area contributed by atoms with Crippen LogP contribution in [0.5, 0.6) is 0 Å². The van der Waals surface area contributed by atoms with Crippen LogP contribution in [-0.2, 0) is 0 Å². The molecule has 0 radical (unpaired) electrons. The third-order valence-corrected chi connectivity index (χ3v) is 8.87. The van der Waals surface area contributed by atoms with Crippen molar-refractivity contribution in [1.82, 2.24) is 0 Å². The van der Waals surface area contributed by atoms with Crippen molar-refractivity contribution < 1.29 is 0 Å². The van der Waals surface area contributed by atoms with E-state index < -0.39 is 0 Å². The van der Waals surface area contributed by atoms with E-state index in [1.807, 2.05) is 0 Å². The maximum atomic E-state index is 7.47. The van der Waals surface area contributed by atoms with Crippen LogP contribution in [0.25, 0.3) is 0 Å². The van der Waals surface area contributed by atoms with Crippen molar-refractivity contribution in [1.29, 1.82) is 0 Å². The largest absolute Gasteiger partial charge is 0.325 e. The van der Waals surface area contributed by atoms with Gasteiger partial charge in [0.25, 0.3) is 0 Å². The Hall–Kier alpha value is 0.440. The average molecular weight is 589 g/mol. The number of hydrogen-bond donors (Lipinski definition) is 1. The van der Waals surface area contributed by atoms with Crippen molar-refractivity contribution in [3.63, 3.8) is 0 Å². The second kappa shape index (κ2) is 31.0. The molecule has 1 atom stereocenters. The summed E-state index contributed by atoms with van der Waals surface area (Å²) in [6, 6.07) is 0. The summed E-state index contributed by atoms with van der Waals surface area (Å²) in [6.07, 6.45) is 40.5. The van der Waals surface area contributed by atoms with E-state index in [9.17, 15) is 0 Å². The van der Waals surface area contributed by atoms with Gasteiger partial charge in [0.05, 0.1) is 0 Å². The lowest BCUT2D eigenvalue weighted by Crippen LogP contribution is -2.47. The Balaban J connectivity index is 0. The van der Waals surface area contributed by atoms with Crippen molar-refractivity contribution in [3.8, 4) is 0 Å². The van der Waals surface area contributed by atoms with Gasteiger partial charge < -0.3 is 5.73 Å². The molecule has 0 rings (SSSR count). The summed E-state index contributed by atoms with van der Waals surface area (Å²) >= 11 is 0. The molecule has 0 aromatic rings. The zero-order valence-electron chi connectivity index (χ0n) is 26.6. The van der Waals surface area contributed by atoms with E-state index >= 15 is 0 Å². The first-order chi connectivity index (χ1) is 17.6. The van der Waals surface area contributed by atoms with Gasteiger partial charge in [0.2, 0.25) is 0 Å². The molecule has 0 aliphatic carbocycles. The molecular weight excluding hydrogens is 514 g/mol. The van der Waals surface area contributed by atoms with Gasteiger partial charge in [0.1, 0.15) is 0 Å². The summed E-state index contributed by atoms with van der Waals surface area (Å²) in [6.45, 7) is 9.29. The minimum absolute atomic E-state index is 0. The molecule has 0 saturated carbocycles. The Kier molecular flexibility index (Phi) is 33.1. The van der Waals surface area contributed by atoms with E-state index in [4.69, 9.17) is 5.73 Å². The fourth-order valence-electron chi connectivity index (χ4n) is 6.24. The second-order valence-corrected chi connectivity index (χ2v) is 12.4. The minimum atomic E-state index is 0. The number of nitrogens with two attached hydrogens (primary N) is 1. The summed E-state index contributed by atoms with van der Waals surface area (Å²) in [5.41, 5.74) is 7.57. The average Bonchev–Trinajstić information content (AvgIpc) is 2.88.